The maximum absolute atomic E-state index is 6.01. The van der Waals surface area contributed by atoms with Crippen molar-refractivity contribution >= 4 is 0 Å². The third-order valence-electron chi connectivity index (χ3n) is 2.71. The van der Waals surface area contributed by atoms with Gasteiger partial charge in [0.2, 0.25) is 0 Å². The van der Waals surface area contributed by atoms with Gasteiger partial charge in [0.15, 0.2) is 0 Å². The smallest absolute Gasteiger partial charge is 0.125 e. The van der Waals surface area contributed by atoms with Crippen molar-refractivity contribution in [1.29, 1.82) is 0 Å². The van der Waals surface area contributed by atoms with E-state index in [4.69, 9.17) is 5.73 Å². The van der Waals surface area contributed by atoms with Crippen molar-refractivity contribution < 1.29 is 0 Å². The van der Waals surface area contributed by atoms with Crippen molar-refractivity contribution in [3.63, 3.8) is 0 Å². The molecule has 1 aromatic heterocycles. The van der Waals surface area contributed by atoms with Gasteiger partial charge in [0, 0.05) is 18.9 Å². The molecule has 0 bridgehead atoms. The van der Waals surface area contributed by atoms with Crippen LogP contribution in [0.1, 0.15) is 30.8 Å². The summed E-state index contributed by atoms with van der Waals surface area (Å²) in [5.41, 5.74) is 7.28. The minimum atomic E-state index is 0.0266. The topological polar surface area (TPSA) is 43.8 Å². The molecule has 0 aliphatic rings. The summed E-state index contributed by atoms with van der Waals surface area (Å²) in [6, 6.07) is 10.4. The Bertz CT molecular complexity index is 433. The molecule has 16 heavy (non-hydrogen) atoms. The molecule has 0 spiro atoms. The summed E-state index contributed by atoms with van der Waals surface area (Å²) in [7, 11) is 0. The average Bonchev–Trinajstić information content (AvgIpc) is 2.77. The van der Waals surface area contributed by atoms with Crippen LogP contribution < -0.4 is 5.73 Å². The first kappa shape index (κ1) is 10.9. The molecule has 1 heterocycles. The number of hydrogen-bond acceptors (Lipinski definition) is 2. The second-order valence-corrected chi connectivity index (χ2v) is 3.91. The van der Waals surface area contributed by atoms with Gasteiger partial charge in [-0.25, -0.2) is 4.98 Å². The van der Waals surface area contributed by atoms with Gasteiger partial charge in [-0.05, 0) is 12.0 Å². The zero-order valence-corrected chi connectivity index (χ0v) is 9.50. The Labute approximate surface area is 95.9 Å². The van der Waals surface area contributed by atoms with Crippen LogP contribution in [0.2, 0.25) is 0 Å². The van der Waals surface area contributed by atoms with E-state index in [0.29, 0.717) is 0 Å². The number of imidazole rings is 1. The van der Waals surface area contributed by atoms with Crippen LogP contribution in [0.5, 0.6) is 0 Å². The number of nitrogens with two attached hydrogens (primary N) is 1. The molecular formula is C13H17N3. The number of nitrogens with zero attached hydrogens (tertiary/aromatic N) is 2. The highest BCUT2D eigenvalue weighted by Crippen LogP contribution is 2.13. The zero-order chi connectivity index (χ0) is 11.4. The standard InChI is InChI=1S/C13H17N3/c1-2-12(14)13-15-8-9-16(13)10-11-6-4-3-5-7-11/h3-9,12H,2,10,14H2,1H3. The predicted octanol–water partition coefficient (Wildman–Crippen LogP) is 2.34. The van der Waals surface area contributed by atoms with E-state index in [-0.39, 0.29) is 6.04 Å². The summed E-state index contributed by atoms with van der Waals surface area (Å²) in [4.78, 5) is 4.32. The van der Waals surface area contributed by atoms with Crippen molar-refractivity contribution in [3.05, 3.63) is 54.1 Å². The van der Waals surface area contributed by atoms with Gasteiger partial charge in [0.25, 0.3) is 0 Å². The van der Waals surface area contributed by atoms with E-state index in [1.165, 1.54) is 5.56 Å². The van der Waals surface area contributed by atoms with Crippen molar-refractivity contribution in [3.8, 4) is 0 Å². The second-order valence-electron chi connectivity index (χ2n) is 3.91. The van der Waals surface area contributed by atoms with Crippen LogP contribution in [-0.2, 0) is 6.54 Å². The van der Waals surface area contributed by atoms with Crippen LogP contribution in [-0.4, -0.2) is 9.55 Å². The molecule has 0 fully saturated rings. The van der Waals surface area contributed by atoms with E-state index in [0.717, 1.165) is 18.8 Å². The fraction of sp³-hybridized carbons (Fsp3) is 0.308. The van der Waals surface area contributed by atoms with Gasteiger partial charge >= 0.3 is 0 Å². The van der Waals surface area contributed by atoms with Gasteiger partial charge in [-0.1, -0.05) is 37.3 Å². The number of rotatable bonds is 4. The Morgan fingerprint density at radius 1 is 1.31 bits per heavy atom. The summed E-state index contributed by atoms with van der Waals surface area (Å²) in [5.74, 6) is 0.964. The first-order chi connectivity index (χ1) is 7.81. The van der Waals surface area contributed by atoms with Crippen LogP contribution in [0.4, 0.5) is 0 Å². The van der Waals surface area contributed by atoms with Crippen LogP contribution in [0.25, 0.3) is 0 Å². The lowest BCUT2D eigenvalue weighted by molar-refractivity contribution is 0.598. The number of benzene rings is 1. The summed E-state index contributed by atoms with van der Waals surface area (Å²) < 4.78 is 2.11. The minimum absolute atomic E-state index is 0.0266. The van der Waals surface area contributed by atoms with Gasteiger partial charge in [0.1, 0.15) is 5.82 Å². The van der Waals surface area contributed by atoms with E-state index in [9.17, 15) is 0 Å². The van der Waals surface area contributed by atoms with Crippen LogP contribution in [0.3, 0.4) is 0 Å². The normalized spacial score (nSPS) is 12.6. The Morgan fingerprint density at radius 3 is 2.75 bits per heavy atom. The molecule has 0 radical (unpaired) electrons. The summed E-state index contributed by atoms with van der Waals surface area (Å²) in [5, 5.41) is 0. The Balaban J connectivity index is 2.19. The molecule has 0 aliphatic heterocycles. The molecule has 1 aromatic carbocycles. The lowest BCUT2D eigenvalue weighted by atomic mass is 10.2. The van der Waals surface area contributed by atoms with Gasteiger partial charge in [-0.15, -0.1) is 0 Å². The molecule has 0 aliphatic carbocycles. The second kappa shape index (κ2) is 4.94. The van der Waals surface area contributed by atoms with Gasteiger partial charge < -0.3 is 10.3 Å². The quantitative estimate of drug-likeness (QED) is 0.850. The fourth-order valence-electron chi connectivity index (χ4n) is 1.75. The van der Waals surface area contributed by atoms with E-state index >= 15 is 0 Å². The monoisotopic (exact) mass is 215 g/mol. The van der Waals surface area contributed by atoms with E-state index in [1.807, 2.05) is 30.6 Å². The molecule has 2 aromatic rings. The molecule has 3 nitrogen and oxygen atoms in total. The number of aromatic nitrogens is 2. The Hall–Kier alpha value is -1.61. The highest BCUT2D eigenvalue weighted by Gasteiger charge is 2.10. The van der Waals surface area contributed by atoms with E-state index < -0.39 is 0 Å². The van der Waals surface area contributed by atoms with Crippen LogP contribution in [0, 0.1) is 0 Å². The van der Waals surface area contributed by atoms with Crippen molar-refractivity contribution in [2.75, 3.05) is 0 Å². The van der Waals surface area contributed by atoms with Gasteiger partial charge in [0.05, 0.1) is 6.04 Å². The molecule has 0 saturated carbocycles. The molecule has 2 rings (SSSR count). The molecule has 1 atom stereocenters. The highest BCUT2D eigenvalue weighted by atomic mass is 15.1. The lowest BCUT2D eigenvalue weighted by Crippen LogP contribution is -2.16. The minimum Gasteiger partial charge on any atom is -0.329 e. The van der Waals surface area contributed by atoms with Gasteiger partial charge in [-0.3, -0.25) is 0 Å². The van der Waals surface area contributed by atoms with Crippen LogP contribution in [0.15, 0.2) is 42.7 Å². The molecule has 84 valence electrons. The van der Waals surface area contributed by atoms with Crippen molar-refractivity contribution in [2.45, 2.75) is 25.9 Å². The Morgan fingerprint density at radius 2 is 2.06 bits per heavy atom. The molecule has 3 heteroatoms. The summed E-state index contributed by atoms with van der Waals surface area (Å²) in [6.07, 6.45) is 4.71. The largest absolute Gasteiger partial charge is 0.329 e. The third kappa shape index (κ3) is 2.31. The molecule has 0 amide bonds. The summed E-state index contributed by atoms with van der Waals surface area (Å²) >= 11 is 0. The lowest BCUT2D eigenvalue weighted by Gasteiger charge is -2.12. The van der Waals surface area contributed by atoms with Crippen molar-refractivity contribution in [1.82, 2.24) is 9.55 Å². The molecule has 0 saturated heterocycles. The fourth-order valence-corrected chi connectivity index (χ4v) is 1.75. The maximum atomic E-state index is 6.01. The third-order valence-corrected chi connectivity index (χ3v) is 2.71. The Kier molecular flexibility index (Phi) is 3.37. The first-order valence-corrected chi connectivity index (χ1v) is 5.61. The maximum Gasteiger partial charge on any atom is 0.125 e. The van der Waals surface area contributed by atoms with Crippen LogP contribution >= 0.6 is 0 Å². The average molecular weight is 215 g/mol. The highest BCUT2D eigenvalue weighted by molar-refractivity contribution is 5.16. The predicted molar refractivity (Wildman–Crippen MR) is 65.0 cm³/mol. The first-order valence-electron chi connectivity index (χ1n) is 5.61. The van der Waals surface area contributed by atoms with E-state index in [2.05, 4.69) is 28.6 Å². The van der Waals surface area contributed by atoms with Gasteiger partial charge in [-0.2, -0.15) is 0 Å². The zero-order valence-electron chi connectivity index (χ0n) is 9.50. The van der Waals surface area contributed by atoms with Crippen molar-refractivity contribution in [2.24, 2.45) is 5.73 Å². The molecule has 2 N–H and O–H groups in total. The summed E-state index contributed by atoms with van der Waals surface area (Å²) in [6.45, 7) is 2.91. The SMILES string of the molecule is CCC(N)c1nccn1Cc1ccccc1. The molecule has 1 unspecified atom stereocenters. The molecular weight excluding hydrogens is 198 g/mol. The number of hydrogen-bond donors (Lipinski definition) is 1. The van der Waals surface area contributed by atoms with E-state index in [1.54, 1.807) is 0 Å².